The van der Waals surface area contributed by atoms with Gasteiger partial charge in [-0.25, -0.2) is 4.79 Å². The van der Waals surface area contributed by atoms with Gasteiger partial charge in [0.2, 0.25) is 5.91 Å². The maximum absolute atomic E-state index is 11.8. The highest BCUT2D eigenvalue weighted by Gasteiger charge is 2.04. The zero-order chi connectivity index (χ0) is 18.1. The minimum absolute atomic E-state index is 0.0161. The second kappa shape index (κ2) is 9.47. The van der Waals surface area contributed by atoms with Crippen LogP contribution >= 0.6 is 0 Å². The van der Waals surface area contributed by atoms with Crippen molar-refractivity contribution in [3.8, 4) is 5.75 Å². The highest BCUT2D eigenvalue weighted by Crippen LogP contribution is 2.11. The third-order valence-corrected chi connectivity index (χ3v) is 3.77. The van der Waals surface area contributed by atoms with Gasteiger partial charge in [0.15, 0.2) is 0 Å². The predicted molar refractivity (Wildman–Crippen MR) is 96.0 cm³/mol. The summed E-state index contributed by atoms with van der Waals surface area (Å²) < 4.78 is 5.60. The van der Waals surface area contributed by atoms with E-state index >= 15 is 0 Å². The standard InChI is InChI=1S/C20H23NO4/c1-15-3-10-18(11-4-15)25-14-2-13-21-19(22)12-7-16-5-8-17(9-6-16)20(23)24/h3-6,8-11H,2,7,12-14H2,1H3,(H,21,22)(H,23,24). The van der Waals surface area contributed by atoms with E-state index in [0.717, 1.165) is 17.7 Å². The summed E-state index contributed by atoms with van der Waals surface area (Å²) in [6.45, 7) is 3.16. The number of aromatic carboxylic acids is 1. The molecule has 0 aliphatic rings. The van der Waals surface area contributed by atoms with E-state index in [1.165, 1.54) is 5.56 Å². The first-order valence-corrected chi connectivity index (χ1v) is 8.33. The molecule has 2 N–H and O–H groups in total. The summed E-state index contributed by atoms with van der Waals surface area (Å²) in [5, 5.41) is 11.7. The summed E-state index contributed by atoms with van der Waals surface area (Å²) in [6.07, 6.45) is 1.71. The number of carboxylic acid groups (broad SMARTS) is 1. The summed E-state index contributed by atoms with van der Waals surface area (Å²) in [4.78, 5) is 22.6. The molecule has 0 heterocycles. The van der Waals surface area contributed by atoms with E-state index in [0.29, 0.717) is 26.0 Å². The third-order valence-electron chi connectivity index (χ3n) is 3.77. The van der Waals surface area contributed by atoms with Crippen LogP contribution in [0.1, 0.15) is 34.3 Å². The van der Waals surface area contributed by atoms with Crippen molar-refractivity contribution in [2.24, 2.45) is 0 Å². The van der Waals surface area contributed by atoms with Gasteiger partial charge < -0.3 is 15.2 Å². The van der Waals surface area contributed by atoms with Gasteiger partial charge in [0.25, 0.3) is 0 Å². The Labute approximate surface area is 147 Å². The van der Waals surface area contributed by atoms with E-state index in [2.05, 4.69) is 5.32 Å². The Morgan fingerprint density at radius 2 is 1.72 bits per heavy atom. The van der Waals surface area contributed by atoms with Crippen LogP contribution in [0, 0.1) is 6.92 Å². The van der Waals surface area contributed by atoms with Gasteiger partial charge in [-0.15, -0.1) is 0 Å². The minimum atomic E-state index is -0.947. The Bertz CT molecular complexity index is 693. The quantitative estimate of drug-likeness (QED) is 0.687. The predicted octanol–water partition coefficient (Wildman–Crippen LogP) is 3.21. The van der Waals surface area contributed by atoms with Crippen molar-refractivity contribution in [3.05, 3.63) is 65.2 Å². The lowest BCUT2D eigenvalue weighted by Crippen LogP contribution is -2.25. The number of hydrogen-bond donors (Lipinski definition) is 2. The largest absolute Gasteiger partial charge is 0.494 e. The first-order chi connectivity index (χ1) is 12.0. The number of benzene rings is 2. The molecule has 0 saturated carbocycles. The van der Waals surface area contributed by atoms with E-state index in [4.69, 9.17) is 9.84 Å². The number of ether oxygens (including phenoxy) is 1. The van der Waals surface area contributed by atoms with Crippen LogP contribution in [0.3, 0.4) is 0 Å². The molecule has 25 heavy (non-hydrogen) atoms. The summed E-state index contributed by atoms with van der Waals surface area (Å²) in [6, 6.07) is 14.5. The van der Waals surface area contributed by atoms with Crippen LogP contribution in [0.5, 0.6) is 5.75 Å². The molecule has 0 unspecified atom stereocenters. The van der Waals surface area contributed by atoms with Gasteiger partial charge in [-0.05, 0) is 49.6 Å². The van der Waals surface area contributed by atoms with Gasteiger partial charge in [-0.3, -0.25) is 4.79 Å². The fraction of sp³-hybridized carbons (Fsp3) is 0.300. The van der Waals surface area contributed by atoms with Crippen LogP contribution in [0.25, 0.3) is 0 Å². The number of nitrogens with one attached hydrogen (secondary N) is 1. The number of amides is 1. The zero-order valence-corrected chi connectivity index (χ0v) is 14.3. The molecule has 5 heteroatoms. The van der Waals surface area contributed by atoms with Crippen molar-refractivity contribution < 1.29 is 19.4 Å². The molecule has 0 radical (unpaired) electrons. The summed E-state index contributed by atoms with van der Waals surface area (Å²) in [7, 11) is 0. The second-order valence-electron chi connectivity index (χ2n) is 5.87. The zero-order valence-electron chi connectivity index (χ0n) is 14.3. The SMILES string of the molecule is Cc1ccc(OCCCNC(=O)CCc2ccc(C(=O)O)cc2)cc1. The van der Waals surface area contributed by atoms with Gasteiger partial charge in [0.1, 0.15) is 5.75 Å². The number of carbonyl (C=O) groups is 2. The molecule has 5 nitrogen and oxygen atoms in total. The molecule has 2 aromatic rings. The van der Waals surface area contributed by atoms with E-state index in [9.17, 15) is 9.59 Å². The lowest BCUT2D eigenvalue weighted by atomic mass is 10.1. The molecule has 1 amide bonds. The summed E-state index contributed by atoms with van der Waals surface area (Å²) in [5.74, 6) is -0.128. The van der Waals surface area contributed by atoms with Crippen LogP contribution in [0.2, 0.25) is 0 Å². The maximum Gasteiger partial charge on any atom is 0.335 e. The number of hydrogen-bond acceptors (Lipinski definition) is 3. The molecule has 2 rings (SSSR count). The van der Waals surface area contributed by atoms with Crippen molar-refractivity contribution >= 4 is 11.9 Å². The average Bonchev–Trinajstić information content (AvgIpc) is 2.61. The van der Waals surface area contributed by atoms with Crippen LogP contribution < -0.4 is 10.1 Å². The first-order valence-electron chi connectivity index (χ1n) is 8.33. The van der Waals surface area contributed by atoms with Gasteiger partial charge in [0.05, 0.1) is 12.2 Å². The van der Waals surface area contributed by atoms with E-state index in [1.807, 2.05) is 31.2 Å². The van der Waals surface area contributed by atoms with E-state index < -0.39 is 5.97 Å². The molecule has 0 aliphatic heterocycles. The Morgan fingerprint density at radius 3 is 2.36 bits per heavy atom. The lowest BCUT2D eigenvalue weighted by molar-refractivity contribution is -0.121. The molecule has 0 bridgehead atoms. The summed E-state index contributed by atoms with van der Waals surface area (Å²) in [5.41, 5.74) is 2.39. The fourth-order valence-electron chi connectivity index (χ4n) is 2.28. The molecule has 0 spiro atoms. The van der Waals surface area contributed by atoms with Crippen molar-refractivity contribution in [2.45, 2.75) is 26.2 Å². The van der Waals surface area contributed by atoms with Crippen LogP contribution in [0.15, 0.2) is 48.5 Å². The highest BCUT2D eigenvalue weighted by atomic mass is 16.5. The molecule has 132 valence electrons. The summed E-state index contributed by atoms with van der Waals surface area (Å²) >= 11 is 0. The van der Waals surface area contributed by atoms with Crippen molar-refractivity contribution in [1.82, 2.24) is 5.32 Å². The minimum Gasteiger partial charge on any atom is -0.494 e. The topological polar surface area (TPSA) is 75.6 Å². The molecule has 0 atom stereocenters. The Kier molecular flexibility index (Phi) is 7.01. The number of aryl methyl sites for hydroxylation is 2. The first kappa shape index (κ1) is 18.5. The number of carbonyl (C=O) groups excluding carboxylic acids is 1. The highest BCUT2D eigenvalue weighted by molar-refractivity contribution is 5.87. The monoisotopic (exact) mass is 341 g/mol. The number of carboxylic acids is 1. The van der Waals surface area contributed by atoms with Crippen LogP contribution in [-0.4, -0.2) is 30.1 Å². The van der Waals surface area contributed by atoms with Gasteiger partial charge in [-0.1, -0.05) is 29.8 Å². The van der Waals surface area contributed by atoms with Crippen molar-refractivity contribution in [3.63, 3.8) is 0 Å². The Balaban J connectivity index is 1.59. The van der Waals surface area contributed by atoms with Gasteiger partial charge >= 0.3 is 5.97 Å². The molecular formula is C20H23NO4. The van der Waals surface area contributed by atoms with Gasteiger partial charge in [0, 0.05) is 13.0 Å². The van der Waals surface area contributed by atoms with Crippen LogP contribution in [0.4, 0.5) is 0 Å². The maximum atomic E-state index is 11.8. The Morgan fingerprint density at radius 1 is 1.04 bits per heavy atom. The van der Waals surface area contributed by atoms with E-state index in [1.54, 1.807) is 24.3 Å². The smallest absolute Gasteiger partial charge is 0.335 e. The van der Waals surface area contributed by atoms with Crippen LogP contribution in [-0.2, 0) is 11.2 Å². The normalized spacial score (nSPS) is 10.3. The van der Waals surface area contributed by atoms with Gasteiger partial charge in [-0.2, -0.15) is 0 Å². The molecule has 0 aliphatic carbocycles. The molecule has 0 fully saturated rings. The Hall–Kier alpha value is -2.82. The molecule has 0 aromatic heterocycles. The number of rotatable bonds is 9. The van der Waals surface area contributed by atoms with Crippen molar-refractivity contribution in [1.29, 1.82) is 0 Å². The second-order valence-corrected chi connectivity index (χ2v) is 5.87. The lowest BCUT2D eigenvalue weighted by Gasteiger charge is -2.08. The third kappa shape index (κ3) is 6.67. The average molecular weight is 341 g/mol. The molecular weight excluding hydrogens is 318 g/mol. The fourth-order valence-corrected chi connectivity index (χ4v) is 2.28. The molecule has 2 aromatic carbocycles. The van der Waals surface area contributed by atoms with Crippen molar-refractivity contribution in [2.75, 3.05) is 13.2 Å². The molecule has 0 saturated heterocycles. The van der Waals surface area contributed by atoms with E-state index in [-0.39, 0.29) is 11.5 Å².